The van der Waals surface area contributed by atoms with Crippen molar-refractivity contribution in [1.29, 1.82) is 0 Å². The van der Waals surface area contributed by atoms with Gasteiger partial charge in [-0.05, 0) is 30.2 Å². The fourth-order valence-electron chi connectivity index (χ4n) is 1.74. The number of methoxy groups -OCH3 is 1. The van der Waals surface area contributed by atoms with Crippen molar-refractivity contribution in [3.63, 3.8) is 0 Å². The second-order valence-corrected chi connectivity index (χ2v) is 5.40. The van der Waals surface area contributed by atoms with Crippen LogP contribution in [-0.2, 0) is 9.53 Å². The zero-order valence-corrected chi connectivity index (χ0v) is 12.6. The second kappa shape index (κ2) is 6.85. The SMILES string of the molecule is COC(=O)c1sc(NC(=O)/C=C/c2ccccc2)cc1C. The quantitative estimate of drug-likeness (QED) is 0.694. The molecule has 0 aliphatic carbocycles. The van der Waals surface area contributed by atoms with Crippen molar-refractivity contribution >= 4 is 34.3 Å². The van der Waals surface area contributed by atoms with Crippen molar-refractivity contribution in [2.45, 2.75) is 6.92 Å². The molecule has 1 N–H and O–H groups in total. The van der Waals surface area contributed by atoms with Gasteiger partial charge in [-0.2, -0.15) is 0 Å². The average molecular weight is 301 g/mol. The maximum absolute atomic E-state index is 11.8. The predicted molar refractivity (Wildman–Crippen MR) is 84.5 cm³/mol. The molecule has 4 nitrogen and oxygen atoms in total. The lowest BCUT2D eigenvalue weighted by Crippen LogP contribution is -2.06. The molecule has 0 aliphatic rings. The first kappa shape index (κ1) is 15.0. The number of thiophene rings is 1. The molecule has 1 aromatic carbocycles. The molecule has 21 heavy (non-hydrogen) atoms. The Labute approximate surface area is 127 Å². The molecule has 2 rings (SSSR count). The van der Waals surface area contributed by atoms with Gasteiger partial charge in [-0.3, -0.25) is 4.79 Å². The van der Waals surface area contributed by atoms with Gasteiger partial charge in [-0.15, -0.1) is 11.3 Å². The van der Waals surface area contributed by atoms with Crippen LogP contribution in [0.1, 0.15) is 20.8 Å². The van der Waals surface area contributed by atoms with E-state index in [-0.39, 0.29) is 5.91 Å². The Balaban J connectivity index is 2.03. The van der Waals surface area contributed by atoms with E-state index in [9.17, 15) is 9.59 Å². The summed E-state index contributed by atoms with van der Waals surface area (Å²) in [5.74, 6) is -0.630. The van der Waals surface area contributed by atoms with Crippen molar-refractivity contribution in [2.75, 3.05) is 12.4 Å². The van der Waals surface area contributed by atoms with Crippen LogP contribution >= 0.6 is 11.3 Å². The van der Waals surface area contributed by atoms with Crippen LogP contribution in [0.4, 0.5) is 5.00 Å². The molecule has 2 aromatic rings. The highest BCUT2D eigenvalue weighted by Crippen LogP contribution is 2.27. The number of aryl methyl sites for hydroxylation is 1. The molecule has 5 heteroatoms. The Morgan fingerprint density at radius 3 is 2.62 bits per heavy atom. The summed E-state index contributed by atoms with van der Waals surface area (Å²) < 4.78 is 4.69. The van der Waals surface area contributed by atoms with Crippen molar-refractivity contribution in [2.24, 2.45) is 0 Å². The maximum Gasteiger partial charge on any atom is 0.348 e. The number of esters is 1. The first-order valence-electron chi connectivity index (χ1n) is 6.33. The molecule has 0 aliphatic heterocycles. The predicted octanol–water partition coefficient (Wildman–Crippen LogP) is 3.50. The largest absolute Gasteiger partial charge is 0.465 e. The van der Waals surface area contributed by atoms with Crippen molar-refractivity contribution in [3.05, 3.63) is 58.5 Å². The van der Waals surface area contributed by atoms with Crippen LogP contribution in [0, 0.1) is 6.92 Å². The lowest BCUT2D eigenvalue weighted by molar-refractivity contribution is -0.111. The monoisotopic (exact) mass is 301 g/mol. The van der Waals surface area contributed by atoms with Crippen LogP contribution in [-0.4, -0.2) is 19.0 Å². The molecule has 0 saturated heterocycles. The Bertz CT molecular complexity index is 674. The molecule has 0 bridgehead atoms. The molecule has 1 amide bonds. The van der Waals surface area contributed by atoms with Crippen LogP contribution in [0.15, 0.2) is 42.5 Å². The molecule has 0 radical (unpaired) electrons. The number of amides is 1. The molecule has 0 spiro atoms. The summed E-state index contributed by atoms with van der Waals surface area (Å²) in [5.41, 5.74) is 1.74. The lowest BCUT2D eigenvalue weighted by atomic mass is 10.2. The standard InChI is InChI=1S/C16H15NO3S/c1-11-10-14(21-15(11)16(19)20-2)17-13(18)9-8-12-6-4-3-5-7-12/h3-10H,1-2H3,(H,17,18)/b9-8+. The third-order valence-electron chi connectivity index (χ3n) is 2.76. The highest BCUT2D eigenvalue weighted by atomic mass is 32.1. The van der Waals surface area contributed by atoms with Crippen LogP contribution < -0.4 is 5.32 Å². The Hall–Kier alpha value is -2.40. The number of hydrogen-bond acceptors (Lipinski definition) is 4. The highest BCUT2D eigenvalue weighted by molar-refractivity contribution is 7.18. The summed E-state index contributed by atoms with van der Waals surface area (Å²) in [7, 11) is 1.34. The lowest BCUT2D eigenvalue weighted by Gasteiger charge is -1.97. The first-order chi connectivity index (χ1) is 10.1. The third-order valence-corrected chi connectivity index (χ3v) is 3.89. The number of benzene rings is 1. The van der Waals surface area contributed by atoms with Gasteiger partial charge in [0.15, 0.2) is 0 Å². The van der Waals surface area contributed by atoms with Crippen molar-refractivity contribution in [1.82, 2.24) is 0 Å². The maximum atomic E-state index is 11.8. The van der Waals surface area contributed by atoms with Crippen LogP contribution in [0.25, 0.3) is 6.08 Å². The van der Waals surface area contributed by atoms with Gasteiger partial charge in [0.2, 0.25) is 5.91 Å². The van der Waals surface area contributed by atoms with E-state index in [2.05, 4.69) is 10.1 Å². The summed E-state index contributed by atoms with van der Waals surface area (Å²) in [4.78, 5) is 23.8. The second-order valence-electron chi connectivity index (χ2n) is 4.35. The van der Waals surface area contributed by atoms with Crippen LogP contribution in [0.5, 0.6) is 0 Å². The summed E-state index contributed by atoms with van der Waals surface area (Å²) in [5, 5.41) is 3.36. The number of anilines is 1. The number of nitrogens with one attached hydrogen (secondary N) is 1. The van der Waals surface area contributed by atoms with Gasteiger partial charge in [0.1, 0.15) is 4.88 Å². The molecular formula is C16H15NO3S. The number of hydrogen-bond donors (Lipinski definition) is 1. The van der Waals surface area contributed by atoms with Gasteiger partial charge >= 0.3 is 5.97 Å². The summed E-state index contributed by atoms with van der Waals surface area (Å²) in [6.45, 7) is 1.80. The van der Waals surface area contributed by atoms with E-state index in [0.29, 0.717) is 9.88 Å². The molecule has 108 valence electrons. The average Bonchev–Trinajstić information content (AvgIpc) is 2.86. The minimum absolute atomic E-state index is 0.239. The molecule has 0 saturated carbocycles. The van der Waals surface area contributed by atoms with E-state index in [1.165, 1.54) is 24.5 Å². The van der Waals surface area contributed by atoms with Gasteiger partial charge in [-0.1, -0.05) is 30.3 Å². The molecule has 1 heterocycles. The Morgan fingerprint density at radius 1 is 1.24 bits per heavy atom. The van der Waals surface area contributed by atoms with E-state index < -0.39 is 5.97 Å². The van der Waals surface area contributed by atoms with Crippen LogP contribution in [0.2, 0.25) is 0 Å². The van der Waals surface area contributed by atoms with E-state index in [0.717, 1.165) is 11.1 Å². The zero-order valence-electron chi connectivity index (χ0n) is 11.8. The van der Waals surface area contributed by atoms with Gasteiger partial charge in [0.25, 0.3) is 0 Å². The molecule has 0 fully saturated rings. The Morgan fingerprint density at radius 2 is 1.95 bits per heavy atom. The van der Waals surface area contributed by atoms with E-state index in [1.54, 1.807) is 19.1 Å². The van der Waals surface area contributed by atoms with E-state index in [1.807, 2.05) is 30.3 Å². The number of ether oxygens (including phenoxy) is 1. The van der Waals surface area contributed by atoms with E-state index >= 15 is 0 Å². The summed E-state index contributed by atoms with van der Waals surface area (Å²) in [6, 6.07) is 11.3. The van der Waals surface area contributed by atoms with Crippen molar-refractivity contribution in [3.8, 4) is 0 Å². The zero-order chi connectivity index (χ0) is 15.2. The van der Waals surface area contributed by atoms with Crippen LogP contribution in [0.3, 0.4) is 0 Å². The fraction of sp³-hybridized carbons (Fsp3) is 0.125. The van der Waals surface area contributed by atoms with Gasteiger partial charge in [-0.25, -0.2) is 4.79 Å². The van der Waals surface area contributed by atoms with Gasteiger partial charge in [0, 0.05) is 6.08 Å². The fourth-order valence-corrected chi connectivity index (χ4v) is 2.73. The normalized spacial score (nSPS) is 10.6. The number of carbonyl (C=O) groups excluding carboxylic acids is 2. The molecule has 1 aromatic heterocycles. The summed E-state index contributed by atoms with van der Waals surface area (Å²) in [6.07, 6.45) is 3.19. The van der Waals surface area contributed by atoms with Crippen molar-refractivity contribution < 1.29 is 14.3 Å². The first-order valence-corrected chi connectivity index (χ1v) is 7.14. The number of rotatable bonds is 4. The van der Waals surface area contributed by atoms with E-state index in [4.69, 9.17) is 0 Å². The number of carbonyl (C=O) groups is 2. The highest BCUT2D eigenvalue weighted by Gasteiger charge is 2.14. The minimum atomic E-state index is -0.391. The molecule has 0 unspecified atom stereocenters. The third kappa shape index (κ3) is 4.03. The van der Waals surface area contributed by atoms with Gasteiger partial charge < -0.3 is 10.1 Å². The molecular weight excluding hydrogens is 286 g/mol. The van der Waals surface area contributed by atoms with Gasteiger partial charge in [0.05, 0.1) is 12.1 Å². The summed E-state index contributed by atoms with van der Waals surface area (Å²) >= 11 is 1.20. The smallest absolute Gasteiger partial charge is 0.348 e. The Kier molecular flexibility index (Phi) is 4.90. The minimum Gasteiger partial charge on any atom is -0.465 e. The topological polar surface area (TPSA) is 55.4 Å². The molecule has 0 atom stereocenters.